The van der Waals surface area contributed by atoms with Crippen molar-refractivity contribution >= 4 is 29.4 Å². The summed E-state index contributed by atoms with van der Waals surface area (Å²) in [5.41, 5.74) is 2.42. The highest BCUT2D eigenvalue weighted by Gasteiger charge is 2.34. The van der Waals surface area contributed by atoms with Crippen LogP contribution in [0.15, 0.2) is 48.5 Å². The Morgan fingerprint density at radius 2 is 1.69 bits per heavy atom. The molecule has 0 spiro atoms. The molecule has 8 heteroatoms. The molecule has 0 aromatic heterocycles. The number of carbonyl (C=O) groups is 4. The summed E-state index contributed by atoms with van der Waals surface area (Å²) in [4.78, 5) is 51.2. The summed E-state index contributed by atoms with van der Waals surface area (Å²) < 4.78 is 0. The van der Waals surface area contributed by atoms with Crippen LogP contribution in [0.1, 0.15) is 39.1 Å². The van der Waals surface area contributed by atoms with Crippen LogP contribution in [0.5, 0.6) is 0 Å². The first-order valence-corrected chi connectivity index (χ1v) is 10.4. The highest BCUT2D eigenvalue weighted by Crippen LogP contribution is 2.22. The zero-order valence-electron chi connectivity index (χ0n) is 17.4. The topological polar surface area (TPSA) is 98.8 Å². The van der Waals surface area contributed by atoms with Crippen molar-refractivity contribution in [2.75, 3.05) is 31.1 Å². The Kier molecular flexibility index (Phi) is 6.17. The summed E-state index contributed by atoms with van der Waals surface area (Å²) in [6, 6.07) is 14.0. The SMILES string of the molecule is O=C(CCCN1C(=O)c2ccccc2C1=O)NCC#Cc1ccc(N2CCNC2=O)cc1. The minimum atomic E-state index is -0.312. The van der Waals surface area contributed by atoms with Crippen LogP contribution < -0.4 is 15.5 Å². The first-order chi connectivity index (χ1) is 15.5. The van der Waals surface area contributed by atoms with Gasteiger partial charge in [0.1, 0.15) is 0 Å². The van der Waals surface area contributed by atoms with E-state index in [0.29, 0.717) is 30.6 Å². The van der Waals surface area contributed by atoms with Gasteiger partial charge in [0.25, 0.3) is 11.8 Å². The molecular formula is C24H22N4O4. The number of rotatable bonds is 6. The second-order valence-electron chi connectivity index (χ2n) is 7.42. The van der Waals surface area contributed by atoms with Gasteiger partial charge >= 0.3 is 6.03 Å². The van der Waals surface area contributed by atoms with Gasteiger partial charge in [-0.1, -0.05) is 24.0 Å². The van der Waals surface area contributed by atoms with Crippen LogP contribution >= 0.6 is 0 Å². The van der Waals surface area contributed by atoms with Gasteiger partial charge in [-0.15, -0.1) is 0 Å². The fourth-order valence-corrected chi connectivity index (χ4v) is 3.66. The van der Waals surface area contributed by atoms with Crippen LogP contribution in [-0.2, 0) is 4.79 Å². The molecule has 5 amide bonds. The molecule has 0 saturated carbocycles. The molecular weight excluding hydrogens is 408 g/mol. The summed E-state index contributed by atoms with van der Waals surface area (Å²) in [7, 11) is 0. The summed E-state index contributed by atoms with van der Waals surface area (Å²) in [6.45, 7) is 1.68. The van der Waals surface area contributed by atoms with Gasteiger partial charge in [0.05, 0.1) is 17.7 Å². The average Bonchev–Trinajstić information content (AvgIpc) is 3.34. The zero-order chi connectivity index (χ0) is 22.5. The zero-order valence-corrected chi connectivity index (χ0v) is 17.4. The first-order valence-electron chi connectivity index (χ1n) is 10.4. The Bertz CT molecular complexity index is 1100. The number of fused-ring (bicyclic) bond motifs is 1. The maximum Gasteiger partial charge on any atom is 0.321 e. The van der Waals surface area contributed by atoms with E-state index < -0.39 is 0 Å². The second kappa shape index (κ2) is 9.35. The lowest BCUT2D eigenvalue weighted by Crippen LogP contribution is -2.32. The number of nitrogens with zero attached hydrogens (tertiary/aromatic N) is 2. The number of carbonyl (C=O) groups excluding carboxylic acids is 4. The third kappa shape index (κ3) is 4.47. The predicted molar refractivity (Wildman–Crippen MR) is 118 cm³/mol. The Hall–Kier alpha value is -4.12. The smallest absolute Gasteiger partial charge is 0.321 e. The number of benzene rings is 2. The fourth-order valence-electron chi connectivity index (χ4n) is 3.66. The van der Waals surface area contributed by atoms with Crippen molar-refractivity contribution in [3.05, 3.63) is 65.2 Å². The predicted octanol–water partition coefficient (Wildman–Crippen LogP) is 1.76. The standard InChI is InChI=1S/C24H22N4O4/c29-21(8-4-15-28-22(30)19-6-1-2-7-20(19)23(28)31)25-13-3-5-17-9-11-18(12-10-17)27-16-14-26-24(27)32/h1-2,6-7,9-12H,4,8,13-16H2,(H,25,29)(H,26,32). The largest absolute Gasteiger partial charge is 0.345 e. The second-order valence-corrected chi connectivity index (χ2v) is 7.42. The van der Waals surface area contributed by atoms with E-state index in [1.165, 1.54) is 4.90 Å². The van der Waals surface area contributed by atoms with Crippen molar-refractivity contribution in [1.82, 2.24) is 15.5 Å². The van der Waals surface area contributed by atoms with Crippen LogP contribution in [0.25, 0.3) is 0 Å². The number of imide groups is 1. The van der Waals surface area contributed by atoms with E-state index in [1.54, 1.807) is 29.2 Å². The molecule has 0 bridgehead atoms. The van der Waals surface area contributed by atoms with Crippen LogP contribution in [0.2, 0.25) is 0 Å². The minimum absolute atomic E-state index is 0.102. The normalized spacial score (nSPS) is 14.7. The van der Waals surface area contributed by atoms with Gasteiger partial charge in [0.2, 0.25) is 5.91 Å². The first kappa shape index (κ1) is 21.1. The van der Waals surface area contributed by atoms with Gasteiger partial charge in [-0.3, -0.25) is 24.2 Å². The molecule has 0 radical (unpaired) electrons. The minimum Gasteiger partial charge on any atom is -0.345 e. The molecule has 1 saturated heterocycles. The molecule has 2 N–H and O–H groups in total. The highest BCUT2D eigenvalue weighted by molar-refractivity contribution is 6.21. The van der Waals surface area contributed by atoms with Crippen LogP contribution in [0.3, 0.4) is 0 Å². The van der Waals surface area contributed by atoms with E-state index in [4.69, 9.17) is 0 Å². The van der Waals surface area contributed by atoms with Crippen molar-refractivity contribution in [3.8, 4) is 11.8 Å². The average molecular weight is 430 g/mol. The summed E-state index contributed by atoms with van der Waals surface area (Å²) in [5.74, 6) is 5.05. The molecule has 8 nitrogen and oxygen atoms in total. The van der Waals surface area contributed by atoms with E-state index in [0.717, 1.165) is 11.3 Å². The van der Waals surface area contributed by atoms with Gasteiger partial charge < -0.3 is 10.6 Å². The number of amides is 5. The van der Waals surface area contributed by atoms with Gasteiger partial charge in [-0.25, -0.2) is 4.79 Å². The van der Waals surface area contributed by atoms with Crippen LogP contribution in [-0.4, -0.2) is 54.8 Å². The number of hydrogen-bond donors (Lipinski definition) is 2. The summed E-state index contributed by atoms with van der Waals surface area (Å²) in [6.07, 6.45) is 0.581. The highest BCUT2D eigenvalue weighted by atomic mass is 16.2. The van der Waals surface area contributed by atoms with Gasteiger partial charge in [-0.2, -0.15) is 0 Å². The Morgan fingerprint density at radius 1 is 1.00 bits per heavy atom. The lowest BCUT2D eigenvalue weighted by Gasteiger charge is -2.13. The van der Waals surface area contributed by atoms with Crippen molar-refractivity contribution < 1.29 is 19.2 Å². The molecule has 162 valence electrons. The Morgan fingerprint density at radius 3 is 2.31 bits per heavy atom. The van der Waals surface area contributed by atoms with Crippen LogP contribution in [0, 0.1) is 11.8 Å². The van der Waals surface area contributed by atoms with Crippen molar-refractivity contribution in [3.63, 3.8) is 0 Å². The number of urea groups is 1. The van der Waals surface area contributed by atoms with Crippen molar-refractivity contribution in [2.24, 2.45) is 0 Å². The number of anilines is 1. The van der Waals surface area contributed by atoms with Crippen molar-refractivity contribution in [1.29, 1.82) is 0 Å². The number of hydrogen-bond acceptors (Lipinski definition) is 4. The molecule has 0 aliphatic carbocycles. The van der Waals surface area contributed by atoms with Crippen LogP contribution in [0.4, 0.5) is 10.5 Å². The molecule has 32 heavy (non-hydrogen) atoms. The maximum absolute atomic E-state index is 12.3. The van der Waals surface area contributed by atoms with E-state index in [1.807, 2.05) is 24.3 Å². The third-order valence-corrected chi connectivity index (χ3v) is 5.31. The van der Waals surface area contributed by atoms with Gasteiger partial charge in [0.15, 0.2) is 0 Å². The molecule has 0 atom stereocenters. The molecule has 2 aliphatic rings. The monoisotopic (exact) mass is 430 g/mol. The summed E-state index contributed by atoms with van der Waals surface area (Å²) in [5, 5.41) is 5.47. The fraction of sp³-hybridized carbons (Fsp3) is 0.250. The Labute approximate surface area is 185 Å². The maximum atomic E-state index is 12.3. The lowest BCUT2D eigenvalue weighted by molar-refractivity contribution is -0.121. The van der Waals surface area contributed by atoms with E-state index in [2.05, 4.69) is 22.5 Å². The van der Waals surface area contributed by atoms with Gasteiger partial charge in [-0.05, 0) is 42.8 Å². The summed E-state index contributed by atoms with van der Waals surface area (Å²) >= 11 is 0. The van der Waals surface area contributed by atoms with E-state index >= 15 is 0 Å². The lowest BCUT2D eigenvalue weighted by atomic mass is 10.1. The van der Waals surface area contributed by atoms with Crippen molar-refractivity contribution in [2.45, 2.75) is 12.8 Å². The Balaban J connectivity index is 1.19. The molecule has 4 rings (SSSR count). The molecule has 2 heterocycles. The van der Waals surface area contributed by atoms with E-state index in [-0.39, 0.29) is 43.3 Å². The molecule has 2 aromatic carbocycles. The molecule has 2 aliphatic heterocycles. The molecule has 1 fully saturated rings. The van der Waals surface area contributed by atoms with E-state index in [9.17, 15) is 19.2 Å². The van der Waals surface area contributed by atoms with Gasteiger partial charge in [0, 0.05) is 37.3 Å². The third-order valence-electron chi connectivity index (χ3n) is 5.31. The number of nitrogens with one attached hydrogen (secondary N) is 2. The quantitative estimate of drug-likeness (QED) is 0.539. The molecule has 0 unspecified atom stereocenters. The molecule has 2 aromatic rings.